The molecule has 0 atom stereocenters. The molecule has 0 aliphatic rings. The number of allylic oxidation sites excluding steroid dienone is 1. The summed E-state index contributed by atoms with van der Waals surface area (Å²) in [5.74, 6) is -0.283. The van der Waals surface area contributed by atoms with Crippen LogP contribution in [0.25, 0.3) is 0 Å². The predicted octanol–water partition coefficient (Wildman–Crippen LogP) is 18.1. The first kappa shape index (κ1) is 51.2. The van der Waals surface area contributed by atoms with Crippen LogP contribution in [0.15, 0.2) is 102 Å². The first-order chi connectivity index (χ1) is 29.7. The fourth-order valence-corrected chi connectivity index (χ4v) is 9.77. The third-order valence-corrected chi connectivity index (χ3v) is 13.3. The number of primary amides is 1. The molecule has 0 aliphatic carbocycles. The molecule has 0 fully saturated rings. The number of unbranched alkanes of at least 4 members (excludes halogenated alkanes) is 30. The van der Waals surface area contributed by atoms with Crippen molar-refractivity contribution in [1.82, 2.24) is 0 Å². The molecule has 0 aromatic heterocycles. The molecule has 3 aromatic rings. The number of carbonyl (C=O) groups is 1. The molecule has 0 saturated heterocycles. The van der Waals surface area contributed by atoms with Crippen LogP contribution in [0.5, 0.6) is 0 Å². The van der Waals surface area contributed by atoms with Gasteiger partial charge < -0.3 is 5.73 Å². The van der Waals surface area contributed by atoms with Crippen molar-refractivity contribution in [3.8, 4) is 0 Å². The second-order valence-electron chi connectivity index (χ2n) is 18.3. The molecule has 2 N–H and O–H groups in total. The topological polar surface area (TPSA) is 43.1 Å². The summed E-state index contributed by atoms with van der Waals surface area (Å²) in [5.41, 5.74) is 11.3. The lowest BCUT2D eigenvalue weighted by atomic mass is 9.62. The zero-order valence-electron chi connectivity index (χ0n) is 39.2. The van der Waals surface area contributed by atoms with Gasteiger partial charge in [-0.1, -0.05) is 303 Å². The van der Waals surface area contributed by atoms with Gasteiger partial charge in [-0.3, -0.25) is 4.79 Å². The molecule has 60 heavy (non-hydrogen) atoms. The molecule has 0 saturated carbocycles. The van der Waals surface area contributed by atoms with Crippen LogP contribution in [-0.4, -0.2) is 5.91 Å². The molecule has 0 aliphatic heterocycles. The fourth-order valence-electron chi connectivity index (χ4n) is 9.77. The van der Waals surface area contributed by atoms with Gasteiger partial charge in [0.1, 0.15) is 0 Å². The highest BCUT2D eigenvalue weighted by molar-refractivity contribution is 5.98. The highest BCUT2D eigenvalue weighted by Gasteiger charge is 2.43. The largest absolute Gasteiger partial charge is 0.366 e. The molecule has 0 unspecified atom stereocenters. The van der Waals surface area contributed by atoms with Gasteiger partial charge in [-0.25, -0.2) is 0 Å². The summed E-state index contributed by atoms with van der Waals surface area (Å²) in [6.45, 7) is 4.60. The Balaban J connectivity index is 1.62. The summed E-state index contributed by atoms with van der Waals surface area (Å²) in [4.78, 5) is 14.2. The van der Waals surface area contributed by atoms with E-state index >= 15 is 0 Å². The van der Waals surface area contributed by atoms with Crippen molar-refractivity contribution in [3.63, 3.8) is 0 Å². The number of hydrogen-bond donors (Lipinski definition) is 1. The summed E-state index contributed by atoms with van der Waals surface area (Å²) in [6.07, 6.45) is 45.4. The van der Waals surface area contributed by atoms with Crippen LogP contribution < -0.4 is 5.73 Å². The van der Waals surface area contributed by atoms with E-state index in [0.717, 1.165) is 47.9 Å². The summed E-state index contributed by atoms with van der Waals surface area (Å²) in [6, 6.07) is 32.1. The van der Waals surface area contributed by atoms with Crippen LogP contribution >= 0.6 is 0 Å². The van der Waals surface area contributed by atoms with Crippen LogP contribution in [0.2, 0.25) is 0 Å². The van der Waals surface area contributed by atoms with E-state index in [1.165, 1.54) is 198 Å². The smallest absolute Gasteiger partial charge is 0.246 e. The Morgan fingerprint density at radius 2 is 0.567 bits per heavy atom. The number of nitrogens with two attached hydrogens (primary N) is 1. The Morgan fingerprint density at radius 3 is 0.783 bits per heavy atom. The molecular formula is C58H91NO. The minimum atomic E-state index is -0.783. The van der Waals surface area contributed by atoms with Crippen molar-refractivity contribution in [3.05, 3.63) is 119 Å². The van der Waals surface area contributed by atoms with Crippen LogP contribution in [0.4, 0.5) is 0 Å². The highest BCUT2D eigenvalue weighted by atomic mass is 16.1. The first-order valence-corrected chi connectivity index (χ1v) is 25.8. The van der Waals surface area contributed by atoms with E-state index in [9.17, 15) is 4.79 Å². The Hall–Kier alpha value is -3.13. The lowest BCUT2D eigenvalue weighted by molar-refractivity contribution is -0.115. The van der Waals surface area contributed by atoms with Gasteiger partial charge in [0.2, 0.25) is 5.91 Å². The van der Waals surface area contributed by atoms with E-state index in [-0.39, 0.29) is 5.91 Å². The standard InChI is InChI=1S/C58H91NO/c1-3-5-7-9-11-13-15-17-19-21-23-25-27-29-31-36-44-52(45-37-32-30-28-26-24-22-20-18-16-14-12-10-8-6-4-2)56(57(59)60)58(53-46-38-33-39-47-53,54-48-40-34-41-49-54)55-50-42-35-43-51-55/h33-35,38-43,46-51H,3-32,36-37,44-45H2,1-2H3,(H2,59,60). The second kappa shape index (κ2) is 34.5. The molecule has 3 rings (SSSR count). The maximum atomic E-state index is 14.2. The Bertz CT molecular complexity index is 1330. The zero-order valence-corrected chi connectivity index (χ0v) is 39.2. The molecule has 2 heteroatoms. The van der Waals surface area contributed by atoms with Crippen molar-refractivity contribution in [1.29, 1.82) is 0 Å². The Kier molecular flexibility index (Phi) is 29.4. The Morgan fingerprint density at radius 1 is 0.350 bits per heavy atom. The number of carbonyl (C=O) groups excluding carboxylic acids is 1. The number of rotatable bonds is 39. The van der Waals surface area contributed by atoms with E-state index in [2.05, 4.69) is 105 Å². The van der Waals surface area contributed by atoms with Crippen LogP contribution in [0.3, 0.4) is 0 Å². The zero-order chi connectivity index (χ0) is 42.6. The van der Waals surface area contributed by atoms with Crippen molar-refractivity contribution in [2.75, 3.05) is 0 Å². The molecular weight excluding hydrogens is 727 g/mol. The minimum absolute atomic E-state index is 0.283. The maximum absolute atomic E-state index is 14.2. The fraction of sp³-hybridized carbons (Fsp3) is 0.638. The monoisotopic (exact) mass is 818 g/mol. The molecule has 3 aromatic carbocycles. The number of amides is 1. The van der Waals surface area contributed by atoms with Gasteiger partial charge in [0.15, 0.2) is 0 Å². The van der Waals surface area contributed by atoms with Gasteiger partial charge in [0.25, 0.3) is 0 Å². The van der Waals surface area contributed by atoms with Crippen molar-refractivity contribution in [2.45, 2.75) is 238 Å². The summed E-state index contributed by atoms with van der Waals surface area (Å²) in [7, 11) is 0. The average Bonchev–Trinajstić information content (AvgIpc) is 3.28. The van der Waals surface area contributed by atoms with Gasteiger partial charge in [-0.15, -0.1) is 0 Å². The molecule has 0 heterocycles. The lowest BCUT2D eigenvalue weighted by Gasteiger charge is -2.39. The summed E-state index contributed by atoms with van der Waals surface area (Å²) >= 11 is 0. The van der Waals surface area contributed by atoms with Crippen LogP contribution in [-0.2, 0) is 10.2 Å². The van der Waals surface area contributed by atoms with Crippen LogP contribution in [0.1, 0.15) is 249 Å². The summed E-state index contributed by atoms with van der Waals surface area (Å²) in [5, 5.41) is 0. The number of benzene rings is 3. The maximum Gasteiger partial charge on any atom is 0.246 e. The van der Waals surface area contributed by atoms with Crippen molar-refractivity contribution in [2.24, 2.45) is 5.73 Å². The van der Waals surface area contributed by atoms with Gasteiger partial charge in [-0.05, 0) is 42.4 Å². The molecule has 334 valence electrons. The Labute approximate surface area is 371 Å². The molecule has 0 spiro atoms. The SMILES string of the molecule is CCCCCCCCCCCCCCCCCCC(CCCCCCCCCCCCCCCCCC)=C(C(N)=O)C(c1ccccc1)(c1ccccc1)c1ccccc1. The average molecular weight is 818 g/mol. The van der Waals surface area contributed by atoms with E-state index < -0.39 is 5.41 Å². The third kappa shape index (κ3) is 20.2. The molecule has 1 amide bonds. The van der Waals surface area contributed by atoms with Gasteiger partial charge in [-0.2, -0.15) is 0 Å². The molecule has 2 nitrogen and oxygen atoms in total. The van der Waals surface area contributed by atoms with Crippen molar-refractivity contribution >= 4 is 5.91 Å². The predicted molar refractivity (Wildman–Crippen MR) is 264 cm³/mol. The molecule has 0 radical (unpaired) electrons. The van der Waals surface area contributed by atoms with Gasteiger partial charge in [0.05, 0.1) is 5.41 Å². The lowest BCUT2D eigenvalue weighted by Crippen LogP contribution is -2.39. The van der Waals surface area contributed by atoms with E-state index in [1.54, 1.807) is 0 Å². The molecule has 0 bridgehead atoms. The van der Waals surface area contributed by atoms with Crippen molar-refractivity contribution < 1.29 is 4.79 Å². The summed E-state index contributed by atoms with van der Waals surface area (Å²) < 4.78 is 0. The quantitative estimate of drug-likeness (QED) is 0.0348. The van der Waals surface area contributed by atoms with E-state index in [0.29, 0.717) is 0 Å². The van der Waals surface area contributed by atoms with Gasteiger partial charge >= 0.3 is 0 Å². The minimum Gasteiger partial charge on any atom is -0.366 e. The highest BCUT2D eigenvalue weighted by Crippen LogP contribution is 2.47. The van der Waals surface area contributed by atoms with E-state index in [4.69, 9.17) is 5.73 Å². The van der Waals surface area contributed by atoms with Gasteiger partial charge in [0, 0.05) is 5.57 Å². The normalized spacial score (nSPS) is 11.6. The second-order valence-corrected chi connectivity index (χ2v) is 18.3. The number of hydrogen-bond acceptors (Lipinski definition) is 1. The van der Waals surface area contributed by atoms with E-state index in [1.807, 2.05) is 0 Å². The van der Waals surface area contributed by atoms with Crippen LogP contribution in [0, 0.1) is 0 Å². The third-order valence-electron chi connectivity index (χ3n) is 13.3. The first-order valence-electron chi connectivity index (χ1n) is 25.8.